The summed E-state index contributed by atoms with van der Waals surface area (Å²) in [7, 11) is 0. The quantitative estimate of drug-likeness (QED) is 0.834. The Kier molecular flexibility index (Phi) is 3.41. The summed E-state index contributed by atoms with van der Waals surface area (Å²) in [5.74, 6) is 1.07. The van der Waals surface area contributed by atoms with E-state index in [0.717, 1.165) is 49.1 Å². The highest BCUT2D eigenvalue weighted by Gasteiger charge is 2.34. The number of nitrogens with zero attached hydrogens (tertiary/aromatic N) is 2. The molecule has 0 saturated heterocycles. The molecule has 1 saturated carbocycles. The van der Waals surface area contributed by atoms with E-state index in [9.17, 15) is 4.79 Å². The highest BCUT2D eigenvalue weighted by molar-refractivity contribution is 6.30. The summed E-state index contributed by atoms with van der Waals surface area (Å²) in [5.41, 5.74) is 2.57. The van der Waals surface area contributed by atoms with Crippen molar-refractivity contribution in [2.24, 2.45) is 0 Å². The lowest BCUT2D eigenvalue weighted by molar-refractivity contribution is 0.0981. The van der Waals surface area contributed by atoms with Gasteiger partial charge in [0.25, 0.3) is 5.91 Å². The first-order valence-corrected chi connectivity index (χ1v) is 8.15. The second-order valence-electron chi connectivity index (χ2n) is 6.03. The number of hydrogen-bond donors (Lipinski definition) is 0. The molecule has 2 heterocycles. The van der Waals surface area contributed by atoms with Gasteiger partial charge >= 0.3 is 0 Å². The minimum Gasteiger partial charge on any atom is -0.447 e. The van der Waals surface area contributed by atoms with Gasteiger partial charge in [0.2, 0.25) is 0 Å². The monoisotopic (exact) mass is 316 g/mol. The number of rotatable bonds is 2. The number of carbonyl (C=O) groups is 1. The Labute approximate surface area is 134 Å². The van der Waals surface area contributed by atoms with E-state index in [1.807, 2.05) is 23.1 Å². The Balaban J connectivity index is 1.72. The molecule has 5 heteroatoms. The summed E-state index contributed by atoms with van der Waals surface area (Å²) in [4.78, 5) is 19.0. The van der Waals surface area contributed by atoms with Gasteiger partial charge in [-0.3, -0.25) is 4.79 Å². The fourth-order valence-electron chi connectivity index (χ4n) is 3.11. The van der Waals surface area contributed by atoms with Gasteiger partial charge in [-0.25, -0.2) is 4.98 Å². The Morgan fingerprint density at radius 2 is 2.18 bits per heavy atom. The molecular formula is C17H17ClN2O2. The van der Waals surface area contributed by atoms with Crippen molar-refractivity contribution in [1.82, 2.24) is 4.98 Å². The minimum atomic E-state index is -0.0545. The van der Waals surface area contributed by atoms with Gasteiger partial charge in [0.15, 0.2) is 12.1 Å². The van der Waals surface area contributed by atoms with Gasteiger partial charge in [-0.1, -0.05) is 11.6 Å². The molecule has 114 valence electrons. The SMILES string of the molecule is O=C(c1ncoc1C1CC1)N1CCCCc2cc(Cl)ccc21. The van der Waals surface area contributed by atoms with E-state index in [0.29, 0.717) is 23.2 Å². The van der Waals surface area contributed by atoms with Crippen LogP contribution < -0.4 is 4.90 Å². The molecule has 4 rings (SSSR count). The Hall–Kier alpha value is -1.81. The highest BCUT2D eigenvalue weighted by atomic mass is 35.5. The molecule has 1 aromatic heterocycles. The number of aromatic nitrogens is 1. The normalized spacial score (nSPS) is 18.0. The Morgan fingerprint density at radius 1 is 1.32 bits per heavy atom. The molecule has 0 spiro atoms. The average Bonchev–Trinajstić information content (AvgIpc) is 3.28. The molecule has 1 amide bonds. The fraction of sp³-hybridized carbons (Fsp3) is 0.412. The molecule has 1 fully saturated rings. The maximum Gasteiger partial charge on any atom is 0.280 e. The molecule has 0 bridgehead atoms. The van der Waals surface area contributed by atoms with Crippen LogP contribution in [0.1, 0.15) is 53.4 Å². The highest BCUT2D eigenvalue weighted by Crippen LogP contribution is 2.42. The molecule has 0 atom stereocenters. The zero-order chi connectivity index (χ0) is 15.1. The molecule has 2 aromatic rings. The Bertz CT molecular complexity index is 721. The molecule has 0 N–H and O–H groups in total. The van der Waals surface area contributed by atoms with Crippen LogP contribution in [-0.2, 0) is 6.42 Å². The van der Waals surface area contributed by atoms with E-state index >= 15 is 0 Å². The lowest BCUT2D eigenvalue weighted by atomic mass is 10.1. The number of hydrogen-bond acceptors (Lipinski definition) is 3. The van der Waals surface area contributed by atoms with Gasteiger partial charge in [0.1, 0.15) is 5.76 Å². The summed E-state index contributed by atoms with van der Waals surface area (Å²) in [5, 5.41) is 0.716. The van der Waals surface area contributed by atoms with Crippen LogP contribution in [0.25, 0.3) is 0 Å². The predicted molar refractivity (Wildman–Crippen MR) is 84.5 cm³/mol. The van der Waals surface area contributed by atoms with Crippen LogP contribution in [0.2, 0.25) is 5.02 Å². The third-order valence-corrected chi connectivity index (χ3v) is 4.64. The van der Waals surface area contributed by atoms with Crippen molar-refractivity contribution in [3.63, 3.8) is 0 Å². The number of carbonyl (C=O) groups excluding carboxylic acids is 1. The first kappa shape index (κ1) is 13.8. The van der Waals surface area contributed by atoms with Crippen molar-refractivity contribution in [2.75, 3.05) is 11.4 Å². The van der Waals surface area contributed by atoms with Crippen LogP contribution in [0, 0.1) is 0 Å². The van der Waals surface area contributed by atoms with Gasteiger partial charge in [-0.05, 0) is 55.9 Å². The number of halogens is 1. The number of anilines is 1. The van der Waals surface area contributed by atoms with E-state index in [1.165, 1.54) is 6.39 Å². The zero-order valence-corrected chi connectivity index (χ0v) is 13.0. The summed E-state index contributed by atoms with van der Waals surface area (Å²) in [6.45, 7) is 0.713. The summed E-state index contributed by atoms with van der Waals surface area (Å²) in [6, 6.07) is 5.75. The molecule has 0 unspecified atom stereocenters. The molecule has 1 aromatic carbocycles. The van der Waals surface area contributed by atoms with Crippen LogP contribution in [-0.4, -0.2) is 17.4 Å². The van der Waals surface area contributed by atoms with Crippen molar-refractivity contribution in [3.05, 3.63) is 46.6 Å². The number of benzene rings is 1. The van der Waals surface area contributed by atoms with E-state index in [4.69, 9.17) is 16.0 Å². The molecule has 1 aliphatic carbocycles. The largest absolute Gasteiger partial charge is 0.447 e. The molecular weight excluding hydrogens is 300 g/mol. The van der Waals surface area contributed by atoms with Crippen molar-refractivity contribution in [2.45, 2.75) is 38.0 Å². The Morgan fingerprint density at radius 3 is 3.00 bits per heavy atom. The first-order valence-electron chi connectivity index (χ1n) is 7.77. The lowest BCUT2D eigenvalue weighted by Gasteiger charge is -2.22. The molecule has 22 heavy (non-hydrogen) atoms. The maximum absolute atomic E-state index is 13.0. The van der Waals surface area contributed by atoms with Crippen molar-refractivity contribution >= 4 is 23.2 Å². The second-order valence-corrected chi connectivity index (χ2v) is 6.46. The third kappa shape index (κ3) is 2.41. The molecule has 1 aliphatic heterocycles. The van der Waals surface area contributed by atoms with E-state index in [-0.39, 0.29) is 5.91 Å². The smallest absolute Gasteiger partial charge is 0.280 e. The van der Waals surface area contributed by atoms with Gasteiger partial charge in [0.05, 0.1) is 0 Å². The maximum atomic E-state index is 13.0. The second kappa shape index (κ2) is 5.43. The van der Waals surface area contributed by atoms with Crippen LogP contribution in [0.15, 0.2) is 29.0 Å². The molecule has 4 nitrogen and oxygen atoms in total. The van der Waals surface area contributed by atoms with Gasteiger partial charge in [0, 0.05) is 23.2 Å². The van der Waals surface area contributed by atoms with Crippen LogP contribution in [0.3, 0.4) is 0 Å². The van der Waals surface area contributed by atoms with E-state index in [1.54, 1.807) is 0 Å². The number of amides is 1. The first-order chi connectivity index (χ1) is 10.7. The van der Waals surface area contributed by atoms with Crippen LogP contribution >= 0.6 is 11.6 Å². The molecule has 0 radical (unpaired) electrons. The molecule has 2 aliphatic rings. The van der Waals surface area contributed by atoms with Crippen molar-refractivity contribution < 1.29 is 9.21 Å². The van der Waals surface area contributed by atoms with Gasteiger partial charge in [-0.15, -0.1) is 0 Å². The fourth-order valence-corrected chi connectivity index (χ4v) is 3.31. The number of aryl methyl sites for hydroxylation is 1. The van der Waals surface area contributed by atoms with Gasteiger partial charge < -0.3 is 9.32 Å². The summed E-state index contributed by atoms with van der Waals surface area (Å²) in [6.07, 6.45) is 6.55. The predicted octanol–water partition coefficient (Wildman–Crippen LogP) is 4.19. The average molecular weight is 317 g/mol. The van der Waals surface area contributed by atoms with Crippen LogP contribution in [0.5, 0.6) is 0 Å². The lowest BCUT2D eigenvalue weighted by Crippen LogP contribution is -2.32. The van der Waals surface area contributed by atoms with E-state index < -0.39 is 0 Å². The number of oxazole rings is 1. The van der Waals surface area contributed by atoms with Crippen LogP contribution in [0.4, 0.5) is 5.69 Å². The standard InChI is InChI=1S/C17H17ClN2O2/c18-13-6-7-14-12(9-13)3-1-2-8-20(14)17(21)15-16(11-4-5-11)22-10-19-15/h6-7,9-11H,1-5,8H2. The number of fused-ring (bicyclic) bond motifs is 1. The zero-order valence-electron chi connectivity index (χ0n) is 12.2. The third-order valence-electron chi connectivity index (χ3n) is 4.40. The van der Waals surface area contributed by atoms with Crippen molar-refractivity contribution in [3.8, 4) is 0 Å². The van der Waals surface area contributed by atoms with E-state index in [2.05, 4.69) is 4.98 Å². The van der Waals surface area contributed by atoms with Crippen molar-refractivity contribution in [1.29, 1.82) is 0 Å². The topological polar surface area (TPSA) is 46.3 Å². The van der Waals surface area contributed by atoms with Gasteiger partial charge in [-0.2, -0.15) is 0 Å². The minimum absolute atomic E-state index is 0.0545. The summed E-state index contributed by atoms with van der Waals surface area (Å²) < 4.78 is 5.46. The summed E-state index contributed by atoms with van der Waals surface area (Å²) >= 11 is 6.10.